The Kier molecular flexibility index (Phi) is 4.32. The Morgan fingerprint density at radius 3 is 2.42 bits per heavy atom. The second kappa shape index (κ2) is 5.64. The molecule has 0 bridgehead atoms. The molecule has 2 N–H and O–H groups in total. The van der Waals surface area contributed by atoms with Crippen LogP contribution in [0.3, 0.4) is 0 Å². The molecule has 1 aliphatic heterocycles. The molecule has 2 rings (SSSR count). The van der Waals surface area contributed by atoms with Crippen LogP contribution in [0.1, 0.15) is 37.5 Å². The first-order valence-corrected chi connectivity index (χ1v) is 7.37. The Morgan fingerprint density at radius 1 is 1.16 bits per heavy atom. The molecule has 0 amide bonds. The summed E-state index contributed by atoms with van der Waals surface area (Å²) in [4.78, 5) is 0. The van der Waals surface area contributed by atoms with Gasteiger partial charge in [-0.05, 0) is 51.2 Å². The topological polar surface area (TPSA) is 35.2 Å². The Labute approximate surface area is 117 Å². The largest absolute Gasteiger partial charge is 0.375 e. The lowest BCUT2D eigenvalue weighted by Gasteiger charge is -2.26. The zero-order valence-corrected chi connectivity index (χ0v) is 12.8. The molecule has 0 spiro atoms. The van der Waals surface area contributed by atoms with E-state index in [0.29, 0.717) is 17.9 Å². The summed E-state index contributed by atoms with van der Waals surface area (Å²) in [6.45, 7) is 10.9. The zero-order valence-electron chi connectivity index (χ0n) is 12.8. The lowest BCUT2D eigenvalue weighted by molar-refractivity contribution is 0.0490. The Morgan fingerprint density at radius 2 is 1.84 bits per heavy atom. The van der Waals surface area contributed by atoms with Crippen molar-refractivity contribution in [1.82, 2.24) is 0 Å². The highest BCUT2D eigenvalue weighted by molar-refractivity contribution is 5.31. The molecule has 106 valence electrons. The van der Waals surface area contributed by atoms with Gasteiger partial charge in [-0.1, -0.05) is 30.7 Å². The van der Waals surface area contributed by atoms with Crippen molar-refractivity contribution < 1.29 is 4.74 Å². The molecule has 1 saturated heterocycles. The van der Waals surface area contributed by atoms with E-state index in [1.54, 1.807) is 0 Å². The zero-order chi connectivity index (χ0) is 14.2. The van der Waals surface area contributed by atoms with E-state index in [1.165, 1.54) is 16.7 Å². The van der Waals surface area contributed by atoms with Crippen LogP contribution in [0.4, 0.5) is 0 Å². The fraction of sp³-hybridized carbons (Fsp3) is 0.647. The maximum atomic E-state index is 6.49. The summed E-state index contributed by atoms with van der Waals surface area (Å²) in [5.41, 5.74) is 10.5. The Bertz CT molecular complexity index is 443. The molecule has 1 aromatic carbocycles. The van der Waals surface area contributed by atoms with E-state index in [-0.39, 0.29) is 12.1 Å². The van der Waals surface area contributed by atoms with Gasteiger partial charge in [-0.3, -0.25) is 0 Å². The molecule has 1 heterocycles. The molecule has 1 aromatic rings. The lowest BCUT2D eigenvalue weighted by Crippen LogP contribution is -2.39. The van der Waals surface area contributed by atoms with Gasteiger partial charge in [-0.2, -0.15) is 0 Å². The van der Waals surface area contributed by atoms with Crippen LogP contribution >= 0.6 is 0 Å². The normalized spacial score (nSPS) is 32.5. The van der Waals surface area contributed by atoms with Crippen molar-refractivity contribution in [3.63, 3.8) is 0 Å². The fourth-order valence-electron chi connectivity index (χ4n) is 3.44. The lowest BCUT2D eigenvalue weighted by atomic mass is 9.81. The van der Waals surface area contributed by atoms with E-state index < -0.39 is 0 Å². The average molecular weight is 261 g/mol. The Hall–Kier alpha value is -0.860. The van der Waals surface area contributed by atoms with Gasteiger partial charge in [0.15, 0.2) is 0 Å². The van der Waals surface area contributed by atoms with E-state index in [1.807, 2.05) is 0 Å². The first-order chi connectivity index (χ1) is 8.90. The average Bonchev–Trinajstić information content (AvgIpc) is 2.58. The van der Waals surface area contributed by atoms with Crippen molar-refractivity contribution in [3.8, 4) is 0 Å². The highest BCUT2D eigenvalue weighted by Gasteiger charge is 2.40. The van der Waals surface area contributed by atoms with E-state index in [0.717, 1.165) is 6.42 Å². The number of aryl methyl sites for hydroxylation is 2. The summed E-state index contributed by atoms with van der Waals surface area (Å²) in [5.74, 6) is 0.991. The molecule has 2 nitrogen and oxygen atoms in total. The monoisotopic (exact) mass is 261 g/mol. The summed E-state index contributed by atoms with van der Waals surface area (Å²) in [6, 6.07) is 6.80. The van der Waals surface area contributed by atoms with E-state index in [2.05, 4.69) is 52.8 Å². The van der Waals surface area contributed by atoms with Crippen LogP contribution in [0.15, 0.2) is 18.2 Å². The first kappa shape index (κ1) is 14.5. The predicted molar refractivity (Wildman–Crippen MR) is 80.3 cm³/mol. The minimum absolute atomic E-state index is 0.176. The van der Waals surface area contributed by atoms with Crippen molar-refractivity contribution in [2.45, 2.75) is 59.3 Å². The van der Waals surface area contributed by atoms with Gasteiger partial charge >= 0.3 is 0 Å². The number of nitrogens with two attached hydrogens (primary N) is 1. The van der Waals surface area contributed by atoms with Gasteiger partial charge in [0.25, 0.3) is 0 Å². The molecule has 0 aliphatic carbocycles. The molecule has 19 heavy (non-hydrogen) atoms. The third kappa shape index (κ3) is 3.01. The summed E-state index contributed by atoms with van der Waals surface area (Å²) in [7, 11) is 0. The van der Waals surface area contributed by atoms with Crippen LogP contribution in [0.2, 0.25) is 0 Å². The molecule has 5 atom stereocenters. The molecule has 2 heteroatoms. The van der Waals surface area contributed by atoms with Gasteiger partial charge in [-0.15, -0.1) is 0 Å². The van der Waals surface area contributed by atoms with Gasteiger partial charge in [0.2, 0.25) is 0 Å². The van der Waals surface area contributed by atoms with Crippen molar-refractivity contribution in [1.29, 1.82) is 0 Å². The van der Waals surface area contributed by atoms with Crippen LogP contribution < -0.4 is 5.73 Å². The van der Waals surface area contributed by atoms with E-state index >= 15 is 0 Å². The molecule has 0 aromatic heterocycles. The quantitative estimate of drug-likeness (QED) is 0.906. The number of ether oxygens (including phenoxy) is 1. The predicted octanol–water partition coefficient (Wildman–Crippen LogP) is 3.23. The fourth-order valence-corrected chi connectivity index (χ4v) is 3.44. The summed E-state index contributed by atoms with van der Waals surface area (Å²) >= 11 is 0. The second-order valence-electron chi connectivity index (χ2n) is 6.28. The van der Waals surface area contributed by atoms with Crippen molar-refractivity contribution >= 4 is 0 Å². The van der Waals surface area contributed by atoms with Crippen LogP contribution in [-0.4, -0.2) is 18.2 Å². The van der Waals surface area contributed by atoms with Crippen molar-refractivity contribution in [2.24, 2.45) is 17.6 Å². The number of rotatable bonds is 3. The van der Waals surface area contributed by atoms with Gasteiger partial charge in [0.1, 0.15) is 0 Å². The minimum atomic E-state index is 0.176. The Balaban J connectivity index is 2.12. The third-order valence-electron chi connectivity index (χ3n) is 4.77. The minimum Gasteiger partial charge on any atom is -0.375 e. The maximum absolute atomic E-state index is 6.49. The van der Waals surface area contributed by atoms with Crippen LogP contribution in [0.25, 0.3) is 0 Å². The van der Waals surface area contributed by atoms with E-state index in [9.17, 15) is 0 Å². The van der Waals surface area contributed by atoms with Crippen molar-refractivity contribution in [2.75, 3.05) is 0 Å². The van der Waals surface area contributed by atoms with Crippen LogP contribution in [0, 0.1) is 25.7 Å². The molecule has 1 fully saturated rings. The van der Waals surface area contributed by atoms with Gasteiger partial charge < -0.3 is 10.5 Å². The second-order valence-corrected chi connectivity index (χ2v) is 6.28. The molecular formula is C17H27NO. The van der Waals surface area contributed by atoms with Crippen molar-refractivity contribution in [3.05, 3.63) is 34.9 Å². The van der Waals surface area contributed by atoms with Crippen LogP contribution in [0.5, 0.6) is 0 Å². The smallest absolute Gasteiger partial charge is 0.0597 e. The number of benzene rings is 1. The van der Waals surface area contributed by atoms with Crippen LogP contribution in [-0.2, 0) is 11.2 Å². The highest BCUT2D eigenvalue weighted by atomic mass is 16.5. The molecular weight excluding hydrogens is 234 g/mol. The molecule has 0 radical (unpaired) electrons. The summed E-state index contributed by atoms with van der Waals surface area (Å²) < 4.78 is 5.92. The summed E-state index contributed by atoms with van der Waals surface area (Å²) in [6.07, 6.45) is 1.54. The highest BCUT2D eigenvalue weighted by Crippen LogP contribution is 2.35. The first-order valence-electron chi connectivity index (χ1n) is 7.37. The number of hydrogen-bond acceptors (Lipinski definition) is 2. The molecule has 5 unspecified atom stereocenters. The van der Waals surface area contributed by atoms with Gasteiger partial charge in [-0.25, -0.2) is 0 Å². The van der Waals surface area contributed by atoms with Gasteiger partial charge in [0, 0.05) is 12.0 Å². The third-order valence-corrected chi connectivity index (χ3v) is 4.77. The number of hydrogen-bond donors (Lipinski definition) is 1. The molecule has 0 saturated carbocycles. The van der Waals surface area contributed by atoms with Gasteiger partial charge in [0.05, 0.1) is 12.2 Å². The SMILES string of the molecule is Cc1ccc(C)c(CC(N)C2C(C)OC(C)C2C)c1. The molecule has 1 aliphatic rings. The van der Waals surface area contributed by atoms with E-state index in [4.69, 9.17) is 10.5 Å². The summed E-state index contributed by atoms with van der Waals surface area (Å²) in [5, 5.41) is 0. The maximum Gasteiger partial charge on any atom is 0.0597 e. The standard InChI is InChI=1S/C17H27NO/c1-10-6-7-11(2)15(8-10)9-16(18)17-12(3)13(4)19-14(17)5/h6-8,12-14,16-17H,9,18H2,1-5H3.